The van der Waals surface area contributed by atoms with E-state index in [1.807, 2.05) is 18.2 Å². The number of fused-ring (bicyclic) bond motifs is 1. The molecule has 12 heavy (non-hydrogen) atoms. The molecule has 64 valence electrons. The van der Waals surface area contributed by atoms with Crippen molar-refractivity contribution < 1.29 is 5.11 Å². The number of hydrogen-bond donors (Lipinski definition) is 2. The van der Waals surface area contributed by atoms with E-state index in [2.05, 4.69) is 5.32 Å². The number of halogens is 1. The SMILES string of the molecule is OC1CNCc2ccc(Cl)cc21. The highest BCUT2D eigenvalue weighted by Crippen LogP contribution is 2.24. The molecule has 1 aromatic carbocycles. The van der Waals surface area contributed by atoms with Gasteiger partial charge in [0.1, 0.15) is 0 Å². The molecular weight excluding hydrogens is 174 g/mol. The Morgan fingerprint density at radius 1 is 1.50 bits per heavy atom. The molecule has 0 radical (unpaired) electrons. The third-order valence-electron chi connectivity index (χ3n) is 2.12. The van der Waals surface area contributed by atoms with Crippen molar-refractivity contribution in [2.45, 2.75) is 12.6 Å². The quantitative estimate of drug-likeness (QED) is 0.639. The second kappa shape index (κ2) is 3.05. The first kappa shape index (κ1) is 8.05. The number of rotatable bonds is 0. The normalized spacial score (nSPS) is 22.0. The maximum Gasteiger partial charge on any atom is 0.0918 e. The molecule has 1 unspecified atom stereocenters. The van der Waals surface area contributed by atoms with E-state index in [9.17, 15) is 5.11 Å². The average molecular weight is 184 g/mol. The summed E-state index contributed by atoms with van der Waals surface area (Å²) in [5, 5.41) is 13.4. The molecule has 0 aromatic heterocycles. The molecule has 0 spiro atoms. The van der Waals surface area contributed by atoms with Gasteiger partial charge in [0.25, 0.3) is 0 Å². The largest absolute Gasteiger partial charge is 0.387 e. The highest BCUT2D eigenvalue weighted by Gasteiger charge is 2.16. The monoisotopic (exact) mass is 183 g/mol. The molecular formula is C9H10ClNO. The molecule has 0 aliphatic carbocycles. The van der Waals surface area contributed by atoms with E-state index < -0.39 is 6.10 Å². The summed E-state index contributed by atoms with van der Waals surface area (Å²) in [7, 11) is 0. The van der Waals surface area contributed by atoms with Gasteiger partial charge in [-0.3, -0.25) is 0 Å². The van der Waals surface area contributed by atoms with Crippen LogP contribution >= 0.6 is 11.6 Å². The Morgan fingerprint density at radius 2 is 2.33 bits per heavy atom. The van der Waals surface area contributed by atoms with Crippen molar-refractivity contribution >= 4 is 11.6 Å². The molecule has 0 saturated heterocycles. The molecule has 2 nitrogen and oxygen atoms in total. The number of β-amino-alcohol motifs (C(OH)–C–C–N with tert-alkyl or cyclic N) is 1. The molecule has 1 heterocycles. The summed E-state index contributed by atoms with van der Waals surface area (Å²) >= 11 is 5.81. The zero-order chi connectivity index (χ0) is 8.55. The van der Waals surface area contributed by atoms with Gasteiger partial charge in [-0.05, 0) is 23.3 Å². The van der Waals surface area contributed by atoms with Crippen LogP contribution in [0.15, 0.2) is 18.2 Å². The predicted octanol–water partition coefficient (Wildman–Crippen LogP) is 1.48. The third kappa shape index (κ3) is 1.33. The Balaban J connectivity index is 2.47. The fourth-order valence-electron chi connectivity index (χ4n) is 1.49. The van der Waals surface area contributed by atoms with Gasteiger partial charge in [0.15, 0.2) is 0 Å². The second-order valence-electron chi connectivity index (χ2n) is 2.99. The van der Waals surface area contributed by atoms with Crippen molar-refractivity contribution in [2.24, 2.45) is 0 Å². The van der Waals surface area contributed by atoms with Gasteiger partial charge in [-0.1, -0.05) is 17.7 Å². The Hall–Kier alpha value is -0.570. The van der Waals surface area contributed by atoms with E-state index in [1.54, 1.807) is 0 Å². The number of benzene rings is 1. The summed E-state index contributed by atoms with van der Waals surface area (Å²) in [6.45, 7) is 1.44. The molecule has 1 aliphatic rings. The van der Waals surface area contributed by atoms with Gasteiger partial charge in [0.2, 0.25) is 0 Å². The summed E-state index contributed by atoms with van der Waals surface area (Å²) in [6.07, 6.45) is -0.410. The van der Waals surface area contributed by atoms with Gasteiger partial charge in [0.05, 0.1) is 6.10 Å². The highest BCUT2D eigenvalue weighted by atomic mass is 35.5. The van der Waals surface area contributed by atoms with Crippen LogP contribution in [0, 0.1) is 0 Å². The summed E-state index contributed by atoms with van der Waals surface area (Å²) < 4.78 is 0. The second-order valence-corrected chi connectivity index (χ2v) is 3.43. The lowest BCUT2D eigenvalue weighted by molar-refractivity contribution is 0.165. The molecule has 2 rings (SSSR count). The number of aliphatic hydroxyl groups excluding tert-OH is 1. The van der Waals surface area contributed by atoms with Crippen molar-refractivity contribution in [1.29, 1.82) is 0 Å². The van der Waals surface area contributed by atoms with E-state index in [0.29, 0.717) is 11.6 Å². The molecule has 1 atom stereocenters. The average Bonchev–Trinajstić information content (AvgIpc) is 2.07. The van der Waals surface area contributed by atoms with Gasteiger partial charge < -0.3 is 10.4 Å². The first-order chi connectivity index (χ1) is 5.77. The minimum atomic E-state index is -0.410. The first-order valence-electron chi connectivity index (χ1n) is 3.94. The Bertz CT molecular complexity index is 301. The fraction of sp³-hybridized carbons (Fsp3) is 0.333. The van der Waals surface area contributed by atoms with Crippen LogP contribution < -0.4 is 5.32 Å². The van der Waals surface area contributed by atoms with Crippen molar-refractivity contribution in [3.8, 4) is 0 Å². The smallest absolute Gasteiger partial charge is 0.0918 e. The molecule has 1 aliphatic heterocycles. The minimum absolute atomic E-state index is 0.410. The minimum Gasteiger partial charge on any atom is -0.387 e. The van der Waals surface area contributed by atoms with Crippen molar-refractivity contribution in [1.82, 2.24) is 5.32 Å². The van der Waals surface area contributed by atoms with Crippen molar-refractivity contribution in [3.63, 3.8) is 0 Å². The number of nitrogens with one attached hydrogen (secondary N) is 1. The van der Waals surface area contributed by atoms with Crippen LogP contribution in [-0.4, -0.2) is 11.7 Å². The standard InChI is InChI=1S/C9H10ClNO/c10-7-2-1-6-4-11-5-9(12)8(6)3-7/h1-3,9,11-12H,4-5H2. The number of hydrogen-bond acceptors (Lipinski definition) is 2. The first-order valence-corrected chi connectivity index (χ1v) is 4.32. The van der Waals surface area contributed by atoms with Crippen molar-refractivity contribution in [3.05, 3.63) is 34.3 Å². The zero-order valence-electron chi connectivity index (χ0n) is 6.55. The van der Waals surface area contributed by atoms with Crippen LogP contribution in [0.3, 0.4) is 0 Å². The molecule has 1 aromatic rings. The summed E-state index contributed by atoms with van der Waals surface area (Å²) in [5.41, 5.74) is 2.10. The lowest BCUT2D eigenvalue weighted by Crippen LogP contribution is -2.27. The summed E-state index contributed by atoms with van der Waals surface area (Å²) in [5.74, 6) is 0. The Morgan fingerprint density at radius 3 is 3.17 bits per heavy atom. The molecule has 0 bridgehead atoms. The molecule has 2 N–H and O–H groups in total. The summed E-state index contributed by atoms with van der Waals surface area (Å²) in [4.78, 5) is 0. The maximum absolute atomic E-state index is 9.56. The van der Waals surface area contributed by atoms with E-state index in [-0.39, 0.29) is 0 Å². The lowest BCUT2D eigenvalue weighted by Gasteiger charge is -2.22. The van der Waals surface area contributed by atoms with E-state index >= 15 is 0 Å². The van der Waals surface area contributed by atoms with E-state index in [4.69, 9.17) is 11.6 Å². The van der Waals surface area contributed by atoms with Crippen LogP contribution in [0.2, 0.25) is 5.02 Å². The fourth-order valence-corrected chi connectivity index (χ4v) is 1.67. The van der Waals surface area contributed by atoms with Gasteiger partial charge in [0, 0.05) is 18.1 Å². The maximum atomic E-state index is 9.56. The number of aliphatic hydroxyl groups is 1. The Kier molecular flexibility index (Phi) is 2.05. The molecule has 0 saturated carbocycles. The van der Waals surface area contributed by atoms with Crippen LogP contribution in [-0.2, 0) is 6.54 Å². The van der Waals surface area contributed by atoms with Gasteiger partial charge in [-0.15, -0.1) is 0 Å². The zero-order valence-corrected chi connectivity index (χ0v) is 7.30. The van der Waals surface area contributed by atoms with E-state index in [0.717, 1.165) is 17.7 Å². The lowest BCUT2D eigenvalue weighted by atomic mass is 9.99. The molecule has 0 amide bonds. The van der Waals surface area contributed by atoms with Crippen LogP contribution in [0.5, 0.6) is 0 Å². The van der Waals surface area contributed by atoms with Crippen LogP contribution in [0.25, 0.3) is 0 Å². The predicted molar refractivity (Wildman–Crippen MR) is 48.1 cm³/mol. The Labute approximate surface area is 76.2 Å². The third-order valence-corrected chi connectivity index (χ3v) is 2.36. The molecule has 0 fully saturated rings. The summed E-state index contributed by atoms with van der Waals surface area (Å²) in [6, 6.07) is 5.63. The van der Waals surface area contributed by atoms with Gasteiger partial charge in [-0.25, -0.2) is 0 Å². The van der Waals surface area contributed by atoms with Crippen LogP contribution in [0.1, 0.15) is 17.2 Å². The van der Waals surface area contributed by atoms with E-state index in [1.165, 1.54) is 0 Å². The van der Waals surface area contributed by atoms with Gasteiger partial charge in [-0.2, -0.15) is 0 Å². The van der Waals surface area contributed by atoms with Gasteiger partial charge >= 0.3 is 0 Å². The van der Waals surface area contributed by atoms with Crippen molar-refractivity contribution in [2.75, 3.05) is 6.54 Å². The highest BCUT2D eigenvalue weighted by molar-refractivity contribution is 6.30. The van der Waals surface area contributed by atoms with Crippen LogP contribution in [0.4, 0.5) is 0 Å². The molecule has 3 heteroatoms. The topological polar surface area (TPSA) is 32.3 Å².